The predicted molar refractivity (Wildman–Crippen MR) is 119 cm³/mol. The molecule has 0 saturated heterocycles. The summed E-state index contributed by atoms with van der Waals surface area (Å²) in [6, 6.07) is 14.0. The molecule has 1 heterocycles. The summed E-state index contributed by atoms with van der Waals surface area (Å²) in [7, 11) is 0. The lowest BCUT2D eigenvalue weighted by Crippen LogP contribution is -2.32. The molecule has 0 bridgehead atoms. The minimum atomic E-state index is -0.491. The molecule has 0 unspecified atom stereocenters. The van der Waals surface area contributed by atoms with Crippen LogP contribution in [0, 0.1) is 17.0 Å². The molecule has 0 fully saturated rings. The first-order chi connectivity index (χ1) is 13.9. The summed E-state index contributed by atoms with van der Waals surface area (Å²) in [4.78, 5) is 26.8. The van der Waals surface area contributed by atoms with Gasteiger partial charge in [0.15, 0.2) is 10.2 Å². The van der Waals surface area contributed by atoms with Gasteiger partial charge in [-0.3, -0.25) is 20.2 Å². The summed E-state index contributed by atoms with van der Waals surface area (Å²) in [6.07, 6.45) is 2.73. The Bertz CT molecular complexity index is 1090. The van der Waals surface area contributed by atoms with E-state index in [1.165, 1.54) is 41.2 Å². The van der Waals surface area contributed by atoms with Crippen molar-refractivity contribution in [2.24, 2.45) is 0 Å². The Kier molecular flexibility index (Phi) is 6.43. The van der Waals surface area contributed by atoms with Crippen molar-refractivity contribution in [3.05, 3.63) is 81.2 Å². The van der Waals surface area contributed by atoms with E-state index >= 15 is 0 Å². The fourth-order valence-corrected chi connectivity index (χ4v) is 3.37. The van der Waals surface area contributed by atoms with Gasteiger partial charge in [-0.05, 0) is 30.8 Å². The summed E-state index contributed by atoms with van der Waals surface area (Å²) in [6.45, 7) is 2.02. The molecule has 3 aromatic rings. The first-order valence-corrected chi connectivity index (χ1v) is 9.76. The van der Waals surface area contributed by atoms with Crippen molar-refractivity contribution in [1.82, 2.24) is 10.3 Å². The van der Waals surface area contributed by atoms with E-state index in [-0.39, 0.29) is 10.8 Å². The number of nitro benzene ring substituents is 1. The van der Waals surface area contributed by atoms with Crippen molar-refractivity contribution < 1.29 is 9.72 Å². The van der Waals surface area contributed by atoms with Gasteiger partial charge in [-0.1, -0.05) is 42.0 Å². The lowest BCUT2D eigenvalue weighted by atomic mass is 10.1. The molecule has 146 valence electrons. The minimum absolute atomic E-state index is 0.0436. The highest BCUT2D eigenvalue weighted by Crippen LogP contribution is 2.25. The van der Waals surface area contributed by atoms with E-state index in [9.17, 15) is 14.9 Å². The lowest BCUT2D eigenvalue weighted by molar-refractivity contribution is -0.384. The Morgan fingerprint density at radius 3 is 2.72 bits per heavy atom. The highest BCUT2D eigenvalue weighted by molar-refractivity contribution is 7.80. The van der Waals surface area contributed by atoms with Gasteiger partial charge in [0.1, 0.15) is 0 Å². The van der Waals surface area contributed by atoms with Crippen molar-refractivity contribution in [3.8, 4) is 11.3 Å². The summed E-state index contributed by atoms with van der Waals surface area (Å²) < 4.78 is 0. The molecule has 29 heavy (non-hydrogen) atoms. The number of carbonyl (C=O) groups excluding carboxylic acids is 1. The molecule has 0 aliphatic heterocycles. The number of non-ortho nitro benzene ring substituents is 1. The zero-order chi connectivity index (χ0) is 20.8. The molecule has 1 amide bonds. The van der Waals surface area contributed by atoms with Crippen LogP contribution in [-0.4, -0.2) is 20.9 Å². The SMILES string of the molecule is Cc1ccc(-c2csc(NC(=S)NC(=O)C=Cc3cccc([N+](=O)[O-])c3)n2)cc1. The average Bonchev–Trinajstić information content (AvgIpc) is 3.15. The molecular weight excluding hydrogens is 408 g/mol. The van der Waals surface area contributed by atoms with E-state index in [2.05, 4.69) is 15.6 Å². The molecule has 9 heteroatoms. The molecule has 0 radical (unpaired) electrons. The number of hydrogen-bond donors (Lipinski definition) is 2. The lowest BCUT2D eigenvalue weighted by Gasteiger charge is -2.04. The van der Waals surface area contributed by atoms with Crippen LogP contribution in [0.5, 0.6) is 0 Å². The molecule has 0 aliphatic carbocycles. The molecule has 0 saturated carbocycles. The molecule has 0 atom stereocenters. The topological polar surface area (TPSA) is 97.2 Å². The zero-order valence-electron chi connectivity index (χ0n) is 15.3. The quantitative estimate of drug-likeness (QED) is 0.270. The zero-order valence-corrected chi connectivity index (χ0v) is 16.9. The van der Waals surface area contributed by atoms with Crippen LogP contribution in [0.4, 0.5) is 10.8 Å². The second kappa shape index (κ2) is 9.18. The number of nitrogens with one attached hydrogen (secondary N) is 2. The van der Waals surface area contributed by atoms with Gasteiger partial charge in [-0.15, -0.1) is 11.3 Å². The standard InChI is InChI=1S/C20H16N4O3S2/c1-13-5-8-15(9-6-13)17-12-29-20(21-17)23-19(28)22-18(25)10-7-14-3-2-4-16(11-14)24(26)27/h2-12H,1H3,(H2,21,22,23,25,28). The average molecular weight is 425 g/mol. The van der Waals surface area contributed by atoms with E-state index in [1.54, 1.807) is 12.1 Å². The van der Waals surface area contributed by atoms with Gasteiger partial charge in [0.05, 0.1) is 10.6 Å². The summed E-state index contributed by atoms with van der Waals surface area (Å²) >= 11 is 6.52. The monoisotopic (exact) mass is 424 g/mol. The minimum Gasteiger partial charge on any atom is -0.308 e. The van der Waals surface area contributed by atoms with Crippen LogP contribution < -0.4 is 10.6 Å². The normalized spacial score (nSPS) is 10.7. The molecule has 0 spiro atoms. The third kappa shape index (κ3) is 5.77. The van der Waals surface area contributed by atoms with Gasteiger partial charge in [0, 0.05) is 29.2 Å². The van der Waals surface area contributed by atoms with E-state index in [4.69, 9.17) is 12.2 Å². The largest absolute Gasteiger partial charge is 0.308 e. The Morgan fingerprint density at radius 2 is 2.00 bits per heavy atom. The summed E-state index contributed by atoms with van der Waals surface area (Å²) in [5.74, 6) is -0.454. The fraction of sp³-hybridized carbons (Fsp3) is 0.0500. The molecule has 2 N–H and O–H groups in total. The second-order valence-electron chi connectivity index (χ2n) is 6.03. The Labute approximate surface area is 176 Å². The van der Waals surface area contributed by atoms with Gasteiger partial charge < -0.3 is 5.32 Å². The maximum absolute atomic E-state index is 12.0. The van der Waals surface area contributed by atoms with Gasteiger partial charge in [-0.2, -0.15) is 0 Å². The number of hydrogen-bond acceptors (Lipinski definition) is 6. The van der Waals surface area contributed by atoms with E-state index in [1.807, 2.05) is 36.6 Å². The van der Waals surface area contributed by atoms with Crippen molar-refractivity contribution in [2.45, 2.75) is 6.92 Å². The maximum Gasteiger partial charge on any atom is 0.270 e. The van der Waals surface area contributed by atoms with Crippen LogP contribution in [-0.2, 0) is 4.79 Å². The number of carbonyl (C=O) groups is 1. The van der Waals surface area contributed by atoms with Crippen LogP contribution in [0.1, 0.15) is 11.1 Å². The molecule has 3 rings (SSSR count). The van der Waals surface area contributed by atoms with E-state index in [0.29, 0.717) is 10.7 Å². The number of nitrogens with zero attached hydrogens (tertiary/aromatic N) is 2. The van der Waals surface area contributed by atoms with Crippen molar-refractivity contribution >= 4 is 51.5 Å². The van der Waals surface area contributed by atoms with Gasteiger partial charge in [0.2, 0.25) is 5.91 Å². The second-order valence-corrected chi connectivity index (χ2v) is 7.30. The summed E-state index contributed by atoms with van der Waals surface area (Å²) in [5.41, 5.74) is 3.48. The molecule has 7 nitrogen and oxygen atoms in total. The molecule has 1 aromatic heterocycles. The van der Waals surface area contributed by atoms with Gasteiger partial charge in [-0.25, -0.2) is 4.98 Å². The first-order valence-electron chi connectivity index (χ1n) is 8.48. The fourth-order valence-electron chi connectivity index (χ4n) is 2.38. The number of benzene rings is 2. The number of aryl methyl sites for hydroxylation is 1. The summed E-state index contributed by atoms with van der Waals surface area (Å²) in [5, 5.41) is 18.8. The molecule has 0 aliphatic rings. The Balaban J connectivity index is 1.56. The highest BCUT2D eigenvalue weighted by Gasteiger charge is 2.08. The van der Waals surface area contributed by atoms with Crippen molar-refractivity contribution in [1.29, 1.82) is 0 Å². The van der Waals surface area contributed by atoms with Crippen LogP contribution in [0.25, 0.3) is 17.3 Å². The molecule has 2 aromatic carbocycles. The van der Waals surface area contributed by atoms with Crippen LogP contribution >= 0.6 is 23.6 Å². The predicted octanol–water partition coefficient (Wildman–Crippen LogP) is 4.55. The van der Waals surface area contributed by atoms with Crippen LogP contribution in [0.15, 0.2) is 60.0 Å². The maximum atomic E-state index is 12.0. The number of anilines is 1. The number of thiocarbonyl (C=S) groups is 1. The smallest absolute Gasteiger partial charge is 0.270 e. The Morgan fingerprint density at radius 1 is 1.24 bits per heavy atom. The van der Waals surface area contributed by atoms with Gasteiger partial charge >= 0.3 is 0 Å². The van der Waals surface area contributed by atoms with Crippen molar-refractivity contribution in [3.63, 3.8) is 0 Å². The third-order valence-corrected chi connectivity index (χ3v) is 4.78. The first kappa shape index (κ1) is 20.3. The number of nitro groups is 1. The third-order valence-electron chi connectivity index (χ3n) is 3.82. The van der Waals surface area contributed by atoms with Crippen molar-refractivity contribution in [2.75, 3.05) is 5.32 Å². The molecular formula is C20H16N4O3S2. The number of thiazole rings is 1. The van der Waals surface area contributed by atoms with E-state index in [0.717, 1.165) is 11.3 Å². The number of amides is 1. The van der Waals surface area contributed by atoms with Gasteiger partial charge in [0.25, 0.3) is 5.69 Å². The van der Waals surface area contributed by atoms with E-state index < -0.39 is 10.8 Å². The Hall–Kier alpha value is -3.43. The van der Waals surface area contributed by atoms with Crippen LogP contribution in [0.3, 0.4) is 0 Å². The highest BCUT2D eigenvalue weighted by atomic mass is 32.1. The number of aromatic nitrogens is 1. The van der Waals surface area contributed by atoms with Crippen LogP contribution in [0.2, 0.25) is 0 Å². The number of rotatable bonds is 5.